The van der Waals surface area contributed by atoms with E-state index >= 15 is 0 Å². The Balaban J connectivity index is 1.48. The Kier molecular flexibility index (Phi) is 6.53. The molecule has 32 heavy (non-hydrogen) atoms. The van der Waals surface area contributed by atoms with Crippen molar-refractivity contribution in [3.63, 3.8) is 0 Å². The summed E-state index contributed by atoms with van der Waals surface area (Å²) >= 11 is 12.7. The normalized spacial score (nSPS) is 18.2. The average molecular weight is 478 g/mol. The summed E-state index contributed by atoms with van der Waals surface area (Å²) in [5, 5.41) is 13.9. The molecule has 4 rings (SSSR count). The standard InChI is InChI=1S/C22H21Cl2N3O5/c1-11(2)30-21-18(24)8-13(10-25-21)20-26-19(27-32-20)16-6-5-15(9-17(16)23)31-14-4-3-12(7-14)22(28)29/h5-6,8-12,14H,3-4,7H2,1-2H3,(H,28,29). The zero-order valence-electron chi connectivity index (χ0n) is 17.4. The van der Waals surface area contributed by atoms with Crippen LogP contribution in [-0.2, 0) is 4.79 Å². The van der Waals surface area contributed by atoms with E-state index in [1.165, 1.54) is 0 Å². The summed E-state index contributed by atoms with van der Waals surface area (Å²) < 4.78 is 16.8. The third-order valence-electron chi connectivity index (χ3n) is 5.05. The van der Waals surface area contributed by atoms with Gasteiger partial charge in [0.15, 0.2) is 0 Å². The number of benzene rings is 1. The maximum Gasteiger partial charge on any atom is 0.306 e. The smallest absolute Gasteiger partial charge is 0.306 e. The van der Waals surface area contributed by atoms with Crippen molar-refractivity contribution in [2.75, 3.05) is 0 Å². The zero-order valence-corrected chi connectivity index (χ0v) is 18.9. The van der Waals surface area contributed by atoms with Gasteiger partial charge in [0.25, 0.3) is 5.89 Å². The van der Waals surface area contributed by atoms with Crippen LogP contribution in [0.1, 0.15) is 33.1 Å². The van der Waals surface area contributed by atoms with E-state index in [9.17, 15) is 4.79 Å². The lowest BCUT2D eigenvalue weighted by Gasteiger charge is -2.14. The van der Waals surface area contributed by atoms with E-state index in [1.807, 2.05) is 13.8 Å². The summed E-state index contributed by atoms with van der Waals surface area (Å²) in [5.41, 5.74) is 1.12. The highest BCUT2D eigenvalue weighted by molar-refractivity contribution is 6.33. The van der Waals surface area contributed by atoms with E-state index in [4.69, 9.17) is 42.3 Å². The highest BCUT2D eigenvalue weighted by Gasteiger charge is 2.31. The molecule has 2 atom stereocenters. The monoisotopic (exact) mass is 477 g/mol. The van der Waals surface area contributed by atoms with E-state index < -0.39 is 5.97 Å². The number of nitrogens with zero attached hydrogens (tertiary/aromatic N) is 3. The summed E-state index contributed by atoms with van der Waals surface area (Å²) in [4.78, 5) is 19.7. The fraction of sp³-hybridized carbons (Fsp3) is 0.364. The van der Waals surface area contributed by atoms with Crippen molar-refractivity contribution in [1.82, 2.24) is 15.1 Å². The maximum absolute atomic E-state index is 11.1. The Morgan fingerprint density at radius 1 is 1.22 bits per heavy atom. The molecular formula is C22H21Cl2N3O5. The number of hydrogen-bond acceptors (Lipinski definition) is 7. The molecule has 1 aliphatic rings. The fourth-order valence-corrected chi connectivity index (χ4v) is 3.98. The van der Waals surface area contributed by atoms with Crippen LogP contribution in [0.2, 0.25) is 10.0 Å². The zero-order chi connectivity index (χ0) is 22.8. The van der Waals surface area contributed by atoms with Crippen molar-refractivity contribution in [2.45, 2.75) is 45.3 Å². The van der Waals surface area contributed by atoms with Gasteiger partial charge in [-0.05, 0) is 57.4 Å². The van der Waals surface area contributed by atoms with Gasteiger partial charge >= 0.3 is 5.97 Å². The highest BCUT2D eigenvalue weighted by Crippen LogP contribution is 2.35. The van der Waals surface area contributed by atoms with Gasteiger partial charge in [0, 0.05) is 11.8 Å². The van der Waals surface area contributed by atoms with E-state index in [1.54, 1.807) is 30.5 Å². The Labute approximate surface area is 194 Å². The van der Waals surface area contributed by atoms with Crippen LogP contribution in [0.15, 0.2) is 35.0 Å². The van der Waals surface area contributed by atoms with Gasteiger partial charge in [-0.25, -0.2) is 4.98 Å². The van der Waals surface area contributed by atoms with Crippen LogP contribution >= 0.6 is 23.2 Å². The first-order valence-electron chi connectivity index (χ1n) is 10.2. The van der Waals surface area contributed by atoms with Crippen molar-refractivity contribution in [3.05, 3.63) is 40.5 Å². The number of rotatable bonds is 7. The Bertz CT molecular complexity index is 1130. The first-order valence-corrected chi connectivity index (χ1v) is 10.9. The van der Waals surface area contributed by atoms with Gasteiger partial charge in [-0.2, -0.15) is 4.98 Å². The van der Waals surface area contributed by atoms with Crippen LogP contribution in [-0.4, -0.2) is 38.4 Å². The lowest BCUT2D eigenvalue weighted by Crippen LogP contribution is -2.15. The van der Waals surface area contributed by atoms with Crippen LogP contribution in [0.4, 0.5) is 0 Å². The number of halogens is 2. The molecule has 0 saturated heterocycles. The summed E-state index contributed by atoms with van der Waals surface area (Å²) in [6.07, 6.45) is 3.14. The number of carboxylic acid groups (broad SMARTS) is 1. The molecule has 0 bridgehead atoms. The predicted molar refractivity (Wildman–Crippen MR) is 118 cm³/mol. The first kappa shape index (κ1) is 22.4. The summed E-state index contributed by atoms with van der Waals surface area (Å²) in [6.45, 7) is 3.77. The number of carboxylic acids is 1. The number of hydrogen-bond donors (Lipinski definition) is 1. The molecule has 10 heteroatoms. The predicted octanol–water partition coefficient (Wildman–Crippen LogP) is 5.52. The average Bonchev–Trinajstić information content (AvgIpc) is 3.39. The number of carbonyl (C=O) groups is 1. The number of ether oxygens (including phenoxy) is 2. The summed E-state index contributed by atoms with van der Waals surface area (Å²) in [5.74, 6) is 0.308. The highest BCUT2D eigenvalue weighted by atomic mass is 35.5. The number of aliphatic carboxylic acids is 1. The molecule has 3 aromatic rings. The molecule has 0 radical (unpaired) electrons. The molecule has 8 nitrogen and oxygen atoms in total. The van der Waals surface area contributed by atoms with Crippen molar-refractivity contribution in [3.8, 4) is 34.5 Å². The van der Waals surface area contributed by atoms with E-state index in [2.05, 4.69) is 15.1 Å². The first-order chi connectivity index (χ1) is 15.3. The quantitative estimate of drug-likeness (QED) is 0.473. The topological polar surface area (TPSA) is 108 Å². The second-order valence-electron chi connectivity index (χ2n) is 7.83. The minimum Gasteiger partial charge on any atom is -0.490 e. The molecule has 1 saturated carbocycles. The number of pyridine rings is 1. The lowest BCUT2D eigenvalue weighted by molar-refractivity contribution is -0.141. The van der Waals surface area contributed by atoms with Gasteiger partial charge in [0.1, 0.15) is 10.8 Å². The van der Waals surface area contributed by atoms with Crippen LogP contribution in [0, 0.1) is 5.92 Å². The molecule has 1 aromatic carbocycles. The lowest BCUT2D eigenvalue weighted by atomic mass is 10.1. The van der Waals surface area contributed by atoms with Gasteiger partial charge in [0.2, 0.25) is 11.7 Å². The van der Waals surface area contributed by atoms with Crippen LogP contribution in [0.3, 0.4) is 0 Å². The molecular weight excluding hydrogens is 457 g/mol. The van der Waals surface area contributed by atoms with Gasteiger partial charge < -0.3 is 19.1 Å². The van der Waals surface area contributed by atoms with Gasteiger partial charge in [0.05, 0.1) is 28.7 Å². The van der Waals surface area contributed by atoms with Crippen molar-refractivity contribution >= 4 is 29.2 Å². The van der Waals surface area contributed by atoms with E-state index in [-0.39, 0.29) is 24.0 Å². The van der Waals surface area contributed by atoms with E-state index in [0.29, 0.717) is 57.9 Å². The Morgan fingerprint density at radius 3 is 2.69 bits per heavy atom. The maximum atomic E-state index is 11.1. The molecule has 1 aliphatic carbocycles. The molecule has 2 unspecified atom stereocenters. The molecule has 1 fully saturated rings. The summed E-state index contributed by atoms with van der Waals surface area (Å²) in [6, 6.07) is 6.80. The Morgan fingerprint density at radius 2 is 2.03 bits per heavy atom. The van der Waals surface area contributed by atoms with Crippen LogP contribution in [0.5, 0.6) is 11.6 Å². The van der Waals surface area contributed by atoms with Gasteiger partial charge in [-0.1, -0.05) is 28.4 Å². The SMILES string of the molecule is CC(C)Oc1ncc(-c2nc(-c3ccc(OC4CCC(C(=O)O)C4)cc3Cl)no2)cc1Cl. The molecule has 0 amide bonds. The van der Waals surface area contributed by atoms with Gasteiger partial charge in [-0.3, -0.25) is 4.79 Å². The number of aromatic nitrogens is 3. The van der Waals surface area contributed by atoms with E-state index in [0.717, 1.165) is 0 Å². The minimum absolute atomic E-state index is 0.0535. The van der Waals surface area contributed by atoms with Gasteiger partial charge in [-0.15, -0.1) is 0 Å². The molecule has 2 heterocycles. The fourth-order valence-electron chi connectivity index (χ4n) is 3.52. The second kappa shape index (κ2) is 9.34. The summed E-state index contributed by atoms with van der Waals surface area (Å²) in [7, 11) is 0. The van der Waals surface area contributed by atoms with Crippen LogP contribution < -0.4 is 9.47 Å². The van der Waals surface area contributed by atoms with Crippen molar-refractivity contribution in [2.24, 2.45) is 5.92 Å². The second-order valence-corrected chi connectivity index (χ2v) is 8.64. The largest absolute Gasteiger partial charge is 0.490 e. The third kappa shape index (κ3) is 4.97. The van der Waals surface area contributed by atoms with Crippen molar-refractivity contribution in [1.29, 1.82) is 0 Å². The molecule has 1 N–H and O–H groups in total. The Hall–Kier alpha value is -2.84. The van der Waals surface area contributed by atoms with Crippen molar-refractivity contribution < 1.29 is 23.9 Å². The molecule has 0 aliphatic heterocycles. The molecule has 0 spiro atoms. The molecule has 2 aromatic heterocycles. The van der Waals surface area contributed by atoms with Crippen LogP contribution in [0.25, 0.3) is 22.8 Å². The molecule has 168 valence electrons. The third-order valence-corrected chi connectivity index (χ3v) is 5.63. The minimum atomic E-state index is -0.782.